The molecular weight excluding hydrogens is 178 g/mol. The first-order valence-electron chi connectivity index (χ1n) is 3.95. The van der Waals surface area contributed by atoms with Gasteiger partial charge in [-0.3, -0.25) is 4.98 Å². The second-order valence-corrected chi connectivity index (χ2v) is 2.47. The van der Waals surface area contributed by atoms with Crippen LogP contribution in [0.25, 0.3) is 6.08 Å². The molecule has 0 unspecified atom stereocenters. The number of hydrogen-bond acceptors (Lipinski definition) is 3. The van der Waals surface area contributed by atoms with E-state index in [-0.39, 0.29) is 0 Å². The molecule has 1 aromatic rings. The van der Waals surface area contributed by atoms with Crippen LogP contribution in [-0.2, 0) is 9.53 Å². The summed E-state index contributed by atoms with van der Waals surface area (Å²) >= 11 is 0. The topological polar surface area (TPSA) is 39.2 Å². The molecule has 0 aromatic carbocycles. The first-order valence-corrected chi connectivity index (χ1v) is 3.95. The van der Waals surface area contributed by atoms with Crippen molar-refractivity contribution < 1.29 is 9.53 Å². The van der Waals surface area contributed by atoms with E-state index in [2.05, 4.69) is 15.6 Å². The highest BCUT2D eigenvalue weighted by Gasteiger charge is 1.92. The number of carbonyl (C=O) groups excluding carboxylic acids is 1. The molecule has 0 spiro atoms. The normalized spacial score (nSPS) is 9.71. The summed E-state index contributed by atoms with van der Waals surface area (Å²) in [7, 11) is 1.32. The molecule has 0 N–H and O–H groups in total. The smallest absolute Gasteiger partial charge is 0.330 e. The zero-order chi connectivity index (χ0) is 10.4. The average Bonchev–Trinajstić information content (AvgIpc) is 2.26. The zero-order valence-corrected chi connectivity index (χ0v) is 7.73. The van der Waals surface area contributed by atoms with E-state index in [1.165, 1.54) is 13.2 Å². The van der Waals surface area contributed by atoms with Crippen molar-refractivity contribution in [3.8, 4) is 12.3 Å². The molecule has 3 heteroatoms. The van der Waals surface area contributed by atoms with Gasteiger partial charge in [-0.25, -0.2) is 4.79 Å². The number of pyridine rings is 1. The zero-order valence-electron chi connectivity index (χ0n) is 7.73. The SMILES string of the molecule is C#Cc1ccc(C=CC(=O)OC)nc1. The number of methoxy groups -OCH3 is 1. The van der Waals surface area contributed by atoms with Crippen LogP contribution in [0, 0.1) is 12.3 Å². The van der Waals surface area contributed by atoms with Gasteiger partial charge in [-0.05, 0) is 18.2 Å². The number of carbonyl (C=O) groups is 1. The Labute approximate surface area is 82.4 Å². The number of rotatable bonds is 2. The van der Waals surface area contributed by atoms with E-state index < -0.39 is 5.97 Å². The molecule has 0 radical (unpaired) electrons. The molecule has 14 heavy (non-hydrogen) atoms. The van der Waals surface area contributed by atoms with Gasteiger partial charge in [0.2, 0.25) is 0 Å². The van der Waals surface area contributed by atoms with Crippen LogP contribution in [0.3, 0.4) is 0 Å². The minimum absolute atomic E-state index is 0.409. The molecule has 1 aromatic heterocycles. The van der Waals surface area contributed by atoms with Crippen LogP contribution in [0.5, 0.6) is 0 Å². The predicted molar refractivity (Wildman–Crippen MR) is 53.2 cm³/mol. The summed E-state index contributed by atoms with van der Waals surface area (Å²) in [4.78, 5) is 14.8. The summed E-state index contributed by atoms with van der Waals surface area (Å²) in [6.07, 6.45) is 9.59. The van der Waals surface area contributed by atoms with Crippen molar-refractivity contribution in [2.24, 2.45) is 0 Å². The monoisotopic (exact) mass is 187 g/mol. The molecule has 1 heterocycles. The summed E-state index contributed by atoms with van der Waals surface area (Å²) < 4.78 is 4.43. The maximum absolute atomic E-state index is 10.7. The maximum Gasteiger partial charge on any atom is 0.330 e. The van der Waals surface area contributed by atoms with E-state index in [4.69, 9.17) is 6.42 Å². The van der Waals surface area contributed by atoms with E-state index in [0.717, 1.165) is 0 Å². The number of esters is 1. The van der Waals surface area contributed by atoms with Gasteiger partial charge in [0.25, 0.3) is 0 Å². The van der Waals surface area contributed by atoms with Gasteiger partial charge < -0.3 is 4.74 Å². The Kier molecular flexibility index (Phi) is 3.45. The Hall–Kier alpha value is -2.08. The molecule has 70 valence electrons. The molecule has 3 nitrogen and oxygen atoms in total. The second kappa shape index (κ2) is 4.83. The van der Waals surface area contributed by atoms with Gasteiger partial charge in [0.15, 0.2) is 0 Å². The predicted octanol–water partition coefficient (Wildman–Crippen LogP) is 1.25. The lowest BCUT2D eigenvalue weighted by Crippen LogP contribution is -1.93. The molecule has 0 aliphatic carbocycles. The number of aromatic nitrogens is 1. The van der Waals surface area contributed by atoms with Crippen molar-refractivity contribution in [2.75, 3.05) is 7.11 Å². The highest BCUT2D eigenvalue weighted by atomic mass is 16.5. The maximum atomic E-state index is 10.7. The van der Waals surface area contributed by atoms with E-state index in [1.807, 2.05) is 0 Å². The van der Waals surface area contributed by atoms with E-state index in [0.29, 0.717) is 11.3 Å². The van der Waals surface area contributed by atoms with Gasteiger partial charge in [-0.1, -0.05) is 5.92 Å². The van der Waals surface area contributed by atoms with Crippen molar-refractivity contribution >= 4 is 12.0 Å². The lowest BCUT2D eigenvalue weighted by atomic mass is 10.2. The Balaban J connectivity index is 2.74. The third-order valence-electron chi connectivity index (χ3n) is 1.54. The van der Waals surface area contributed by atoms with Gasteiger partial charge in [0.05, 0.1) is 12.8 Å². The van der Waals surface area contributed by atoms with Crippen LogP contribution in [0.15, 0.2) is 24.4 Å². The summed E-state index contributed by atoms with van der Waals surface area (Å²) in [5.74, 6) is 2.04. The Morgan fingerprint density at radius 1 is 1.64 bits per heavy atom. The van der Waals surface area contributed by atoms with Crippen LogP contribution in [0.1, 0.15) is 11.3 Å². The molecule has 0 fully saturated rings. The van der Waals surface area contributed by atoms with E-state index in [9.17, 15) is 4.79 Å². The Morgan fingerprint density at radius 2 is 2.43 bits per heavy atom. The van der Waals surface area contributed by atoms with Crippen LogP contribution >= 0.6 is 0 Å². The van der Waals surface area contributed by atoms with Crippen LogP contribution in [0.4, 0.5) is 0 Å². The Bertz CT molecular complexity index is 385. The molecule has 0 saturated carbocycles. The van der Waals surface area contributed by atoms with E-state index in [1.54, 1.807) is 24.4 Å². The van der Waals surface area contributed by atoms with Gasteiger partial charge in [0, 0.05) is 17.8 Å². The van der Waals surface area contributed by atoms with Crippen molar-refractivity contribution in [2.45, 2.75) is 0 Å². The summed E-state index contributed by atoms with van der Waals surface area (Å²) in [5, 5.41) is 0. The van der Waals surface area contributed by atoms with Crippen LogP contribution in [-0.4, -0.2) is 18.1 Å². The lowest BCUT2D eigenvalue weighted by Gasteiger charge is -1.93. The highest BCUT2D eigenvalue weighted by Crippen LogP contribution is 2.00. The number of ether oxygens (including phenoxy) is 1. The molecule has 0 bridgehead atoms. The molecule has 0 aliphatic rings. The van der Waals surface area contributed by atoms with Gasteiger partial charge in [-0.15, -0.1) is 6.42 Å². The van der Waals surface area contributed by atoms with Crippen LogP contribution in [0.2, 0.25) is 0 Å². The van der Waals surface area contributed by atoms with Crippen molar-refractivity contribution in [1.29, 1.82) is 0 Å². The first-order chi connectivity index (χ1) is 6.76. The molecule has 1 rings (SSSR count). The third-order valence-corrected chi connectivity index (χ3v) is 1.54. The molecule has 0 saturated heterocycles. The molecule has 0 amide bonds. The van der Waals surface area contributed by atoms with Crippen LogP contribution < -0.4 is 0 Å². The standard InChI is InChI=1S/C11H9NO2/c1-3-9-4-5-10(12-8-9)6-7-11(13)14-2/h1,4-8H,2H3. The number of terminal acetylenes is 1. The fourth-order valence-electron chi connectivity index (χ4n) is 0.811. The van der Waals surface area contributed by atoms with Gasteiger partial charge >= 0.3 is 5.97 Å². The Morgan fingerprint density at radius 3 is 2.93 bits per heavy atom. The summed E-state index contributed by atoms with van der Waals surface area (Å²) in [5.41, 5.74) is 1.37. The van der Waals surface area contributed by atoms with Crippen molar-refractivity contribution in [3.05, 3.63) is 35.7 Å². The lowest BCUT2D eigenvalue weighted by molar-refractivity contribution is -0.134. The minimum atomic E-state index is -0.409. The van der Waals surface area contributed by atoms with Crippen molar-refractivity contribution in [1.82, 2.24) is 4.98 Å². The largest absolute Gasteiger partial charge is 0.466 e. The second-order valence-electron chi connectivity index (χ2n) is 2.47. The number of hydrogen-bond donors (Lipinski definition) is 0. The highest BCUT2D eigenvalue weighted by molar-refractivity contribution is 5.86. The first kappa shape index (κ1) is 10.0. The van der Waals surface area contributed by atoms with Gasteiger partial charge in [-0.2, -0.15) is 0 Å². The average molecular weight is 187 g/mol. The third kappa shape index (κ3) is 2.76. The molecule has 0 aliphatic heterocycles. The summed E-state index contributed by atoms with van der Waals surface area (Å²) in [6.45, 7) is 0. The fourth-order valence-corrected chi connectivity index (χ4v) is 0.811. The quantitative estimate of drug-likeness (QED) is 0.397. The van der Waals surface area contributed by atoms with Gasteiger partial charge in [0.1, 0.15) is 0 Å². The number of nitrogens with zero attached hydrogens (tertiary/aromatic N) is 1. The molecule has 0 atom stereocenters. The summed E-state index contributed by atoms with van der Waals surface area (Å²) in [6, 6.07) is 3.48. The molecular formula is C11H9NO2. The van der Waals surface area contributed by atoms with E-state index >= 15 is 0 Å². The van der Waals surface area contributed by atoms with Crippen molar-refractivity contribution in [3.63, 3.8) is 0 Å². The minimum Gasteiger partial charge on any atom is -0.466 e. The fraction of sp³-hybridized carbons (Fsp3) is 0.0909.